The molecule has 0 saturated heterocycles. The first-order chi connectivity index (χ1) is 14.6. The Kier molecular flexibility index (Phi) is 3.82. The molecule has 0 N–H and O–H groups in total. The van der Waals surface area contributed by atoms with Crippen LogP contribution in [0.2, 0.25) is 0 Å². The Labute approximate surface area is 185 Å². The van der Waals surface area contributed by atoms with Gasteiger partial charge < -0.3 is 0 Å². The summed E-state index contributed by atoms with van der Waals surface area (Å²) in [6, 6.07) is 21.9. The molecule has 30 heavy (non-hydrogen) atoms. The van der Waals surface area contributed by atoms with Gasteiger partial charge in [0.25, 0.3) is 0 Å². The van der Waals surface area contributed by atoms with Gasteiger partial charge in [-0.05, 0) is 36.8 Å². The van der Waals surface area contributed by atoms with Crippen molar-refractivity contribution in [1.82, 2.24) is 14.8 Å². The van der Waals surface area contributed by atoms with Crippen LogP contribution < -0.4 is 0 Å². The summed E-state index contributed by atoms with van der Waals surface area (Å²) >= 11 is 5.07. The Morgan fingerprint density at radius 3 is 2.53 bits per heavy atom. The highest BCUT2D eigenvalue weighted by Gasteiger charge is 2.35. The predicted octanol–water partition coefficient (Wildman–Crippen LogP) is 6.43. The molecule has 2 heterocycles. The van der Waals surface area contributed by atoms with E-state index in [-0.39, 0.29) is 5.78 Å². The van der Waals surface area contributed by atoms with E-state index in [4.69, 9.17) is 10.1 Å². The van der Waals surface area contributed by atoms with E-state index in [1.165, 1.54) is 5.56 Å². The molecule has 0 amide bonds. The van der Waals surface area contributed by atoms with E-state index in [1.54, 1.807) is 11.3 Å². The van der Waals surface area contributed by atoms with Gasteiger partial charge in [-0.25, -0.2) is 9.67 Å². The lowest BCUT2D eigenvalue weighted by Crippen LogP contribution is -2.00. The number of thiazole rings is 1. The predicted molar refractivity (Wildman–Crippen MR) is 123 cm³/mol. The molecule has 5 aromatic rings. The highest BCUT2D eigenvalue weighted by Crippen LogP contribution is 2.43. The van der Waals surface area contributed by atoms with Gasteiger partial charge in [-0.15, -0.1) is 0 Å². The van der Waals surface area contributed by atoms with Gasteiger partial charge in [-0.1, -0.05) is 69.7 Å². The number of fused-ring (bicyclic) bond motifs is 4. The zero-order valence-electron chi connectivity index (χ0n) is 15.9. The van der Waals surface area contributed by atoms with Crippen LogP contribution >= 0.6 is 27.3 Å². The van der Waals surface area contributed by atoms with E-state index >= 15 is 0 Å². The van der Waals surface area contributed by atoms with Gasteiger partial charge >= 0.3 is 0 Å². The standard InChI is InChI=1S/C24H14BrN3OS/c1-13-6-11-18-19(12-13)30-24(26-18)28-22-16-4-2-3-5-17(16)23(29)20(22)21(27-28)14-7-9-15(25)10-8-14/h2-12H,1H3. The molecule has 0 saturated carbocycles. The molecule has 144 valence electrons. The molecule has 3 aromatic carbocycles. The van der Waals surface area contributed by atoms with Crippen LogP contribution in [0.4, 0.5) is 0 Å². The molecule has 0 bridgehead atoms. The SMILES string of the molecule is Cc1ccc2nc(-n3nc(-c4ccc(Br)cc4)c4c3-c3ccccc3C4=O)sc2c1. The lowest BCUT2D eigenvalue weighted by atomic mass is 10.0. The zero-order valence-corrected chi connectivity index (χ0v) is 18.3. The molecule has 1 aliphatic carbocycles. The number of hydrogen-bond acceptors (Lipinski definition) is 4. The second kappa shape index (κ2) is 6.45. The third-order valence-electron chi connectivity index (χ3n) is 5.37. The van der Waals surface area contributed by atoms with Crippen LogP contribution in [-0.4, -0.2) is 20.5 Å². The molecule has 0 aliphatic heterocycles. The fourth-order valence-electron chi connectivity index (χ4n) is 3.96. The largest absolute Gasteiger partial charge is 0.288 e. The highest BCUT2D eigenvalue weighted by atomic mass is 79.9. The lowest BCUT2D eigenvalue weighted by Gasteiger charge is -2.03. The van der Waals surface area contributed by atoms with Crippen LogP contribution in [0.25, 0.3) is 37.9 Å². The molecule has 0 atom stereocenters. The fraction of sp³-hybridized carbons (Fsp3) is 0.0417. The third kappa shape index (κ3) is 2.54. The minimum Gasteiger partial charge on any atom is -0.288 e. The Hall–Kier alpha value is -3.09. The summed E-state index contributed by atoms with van der Waals surface area (Å²) in [6.45, 7) is 2.07. The summed E-state index contributed by atoms with van der Waals surface area (Å²) < 4.78 is 3.94. The van der Waals surface area contributed by atoms with E-state index in [9.17, 15) is 4.79 Å². The van der Waals surface area contributed by atoms with E-state index in [1.807, 2.05) is 59.3 Å². The Bertz CT molecular complexity index is 1480. The maximum atomic E-state index is 13.3. The first-order valence-corrected chi connectivity index (χ1v) is 11.1. The smallest absolute Gasteiger partial charge is 0.212 e. The van der Waals surface area contributed by atoms with Crippen LogP contribution in [-0.2, 0) is 0 Å². The second-order valence-corrected chi connectivity index (χ2v) is 9.26. The van der Waals surface area contributed by atoms with Crippen LogP contribution in [0.3, 0.4) is 0 Å². The van der Waals surface area contributed by atoms with Crippen molar-refractivity contribution in [2.75, 3.05) is 0 Å². The van der Waals surface area contributed by atoms with Crippen molar-refractivity contribution < 1.29 is 4.79 Å². The van der Waals surface area contributed by atoms with Crippen LogP contribution in [0.5, 0.6) is 0 Å². The minimum atomic E-state index is 0.0155. The Morgan fingerprint density at radius 1 is 0.967 bits per heavy atom. The average Bonchev–Trinajstić information content (AvgIpc) is 3.42. The normalized spacial score (nSPS) is 12.4. The summed E-state index contributed by atoms with van der Waals surface area (Å²) in [4.78, 5) is 18.2. The van der Waals surface area contributed by atoms with E-state index in [0.717, 1.165) is 36.6 Å². The molecule has 2 aromatic heterocycles. The maximum Gasteiger partial charge on any atom is 0.212 e. The lowest BCUT2D eigenvalue weighted by molar-refractivity contribution is 0.104. The number of ketones is 1. The summed E-state index contributed by atoms with van der Waals surface area (Å²) in [6.07, 6.45) is 0. The van der Waals surface area contributed by atoms with Gasteiger partial charge in [-0.3, -0.25) is 4.79 Å². The van der Waals surface area contributed by atoms with E-state index in [0.29, 0.717) is 16.8 Å². The Morgan fingerprint density at radius 2 is 1.73 bits per heavy atom. The number of carbonyl (C=O) groups is 1. The molecule has 0 fully saturated rings. The number of benzene rings is 3. The summed E-state index contributed by atoms with van der Waals surface area (Å²) in [5, 5.41) is 5.66. The number of nitrogens with zero attached hydrogens (tertiary/aromatic N) is 3. The second-order valence-electron chi connectivity index (χ2n) is 7.33. The van der Waals surface area contributed by atoms with Gasteiger partial charge in [0.05, 0.1) is 21.5 Å². The van der Waals surface area contributed by atoms with Crippen LogP contribution in [0.1, 0.15) is 21.5 Å². The van der Waals surface area contributed by atoms with Crippen molar-refractivity contribution >= 4 is 43.3 Å². The molecule has 1 aliphatic rings. The van der Waals surface area contributed by atoms with Gasteiger partial charge in [0.2, 0.25) is 5.13 Å². The topological polar surface area (TPSA) is 47.8 Å². The summed E-state index contributed by atoms with van der Waals surface area (Å²) in [5.41, 5.74) is 6.82. The fourth-order valence-corrected chi connectivity index (χ4v) is 5.25. The monoisotopic (exact) mass is 471 g/mol. The van der Waals surface area contributed by atoms with Crippen molar-refractivity contribution in [3.8, 4) is 27.6 Å². The third-order valence-corrected chi connectivity index (χ3v) is 6.89. The molecular weight excluding hydrogens is 458 g/mol. The van der Waals surface area contributed by atoms with Gasteiger partial charge in [-0.2, -0.15) is 5.10 Å². The van der Waals surface area contributed by atoms with E-state index in [2.05, 4.69) is 35.0 Å². The van der Waals surface area contributed by atoms with Crippen molar-refractivity contribution in [2.45, 2.75) is 6.92 Å². The molecule has 6 rings (SSSR count). The number of carbonyl (C=O) groups excluding carboxylic acids is 1. The first kappa shape index (κ1) is 17.7. The maximum absolute atomic E-state index is 13.3. The van der Waals surface area contributed by atoms with Crippen molar-refractivity contribution in [3.63, 3.8) is 0 Å². The summed E-state index contributed by atoms with van der Waals surface area (Å²) in [5.74, 6) is 0.0155. The molecule has 0 radical (unpaired) electrons. The average molecular weight is 472 g/mol. The molecule has 4 nitrogen and oxygen atoms in total. The first-order valence-electron chi connectivity index (χ1n) is 9.51. The summed E-state index contributed by atoms with van der Waals surface area (Å²) in [7, 11) is 0. The minimum absolute atomic E-state index is 0.0155. The number of halogens is 1. The number of aryl methyl sites for hydroxylation is 1. The van der Waals surface area contributed by atoms with E-state index < -0.39 is 0 Å². The molecule has 0 unspecified atom stereocenters. The zero-order chi connectivity index (χ0) is 20.4. The van der Waals surface area contributed by atoms with Gasteiger partial charge in [0.1, 0.15) is 5.69 Å². The van der Waals surface area contributed by atoms with Crippen molar-refractivity contribution in [3.05, 3.63) is 87.9 Å². The molecular formula is C24H14BrN3OS. The number of aromatic nitrogens is 3. The van der Waals surface area contributed by atoms with Crippen LogP contribution in [0, 0.1) is 6.92 Å². The van der Waals surface area contributed by atoms with Crippen molar-refractivity contribution in [2.24, 2.45) is 0 Å². The van der Waals surface area contributed by atoms with Crippen LogP contribution in [0.15, 0.2) is 71.2 Å². The highest BCUT2D eigenvalue weighted by molar-refractivity contribution is 9.10. The van der Waals surface area contributed by atoms with Gasteiger partial charge in [0.15, 0.2) is 5.78 Å². The van der Waals surface area contributed by atoms with Gasteiger partial charge in [0, 0.05) is 21.2 Å². The quantitative estimate of drug-likeness (QED) is 0.292. The molecule has 0 spiro atoms. The molecule has 6 heteroatoms. The van der Waals surface area contributed by atoms with Crippen molar-refractivity contribution in [1.29, 1.82) is 0 Å². The number of hydrogen-bond donors (Lipinski definition) is 0. The Balaban J connectivity index is 1.66. The number of rotatable bonds is 2.